The molecule has 122 valence electrons. The van der Waals surface area contributed by atoms with E-state index < -0.39 is 0 Å². The number of likely N-dealkylation sites (N-methyl/N-ethyl adjacent to an activating group) is 1. The molecular formula is C18H21BrN2O2. The van der Waals surface area contributed by atoms with Gasteiger partial charge in [-0.05, 0) is 55.9 Å². The monoisotopic (exact) mass is 376 g/mol. The van der Waals surface area contributed by atoms with Crippen molar-refractivity contribution in [2.24, 2.45) is 0 Å². The van der Waals surface area contributed by atoms with Crippen molar-refractivity contribution < 1.29 is 9.53 Å². The molecule has 2 rings (SSSR count). The fourth-order valence-electron chi connectivity index (χ4n) is 2.18. The van der Waals surface area contributed by atoms with Crippen molar-refractivity contribution in [2.75, 3.05) is 19.5 Å². The van der Waals surface area contributed by atoms with Crippen molar-refractivity contribution in [1.82, 2.24) is 4.90 Å². The summed E-state index contributed by atoms with van der Waals surface area (Å²) in [5.74, 6) is 0.792. The lowest BCUT2D eigenvalue weighted by atomic mass is 10.1. The van der Waals surface area contributed by atoms with Gasteiger partial charge < -0.3 is 10.1 Å². The molecule has 2 aromatic rings. The number of rotatable bonds is 6. The minimum Gasteiger partial charge on any atom is -0.497 e. The van der Waals surface area contributed by atoms with Crippen LogP contribution in [0.15, 0.2) is 53.0 Å². The number of carbonyl (C=O) groups excluding carboxylic acids is 1. The Morgan fingerprint density at radius 2 is 1.96 bits per heavy atom. The van der Waals surface area contributed by atoms with E-state index in [1.54, 1.807) is 7.11 Å². The Labute approximate surface area is 145 Å². The summed E-state index contributed by atoms with van der Waals surface area (Å²) in [5, 5.41) is 2.93. The molecule has 0 radical (unpaired) electrons. The van der Waals surface area contributed by atoms with Gasteiger partial charge in [-0.1, -0.05) is 28.1 Å². The van der Waals surface area contributed by atoms with Crippen LogP contribution >= 0.6 is 15.9 Å². The molecule has 2 aromatic carbocycles. The lowest BCUT2D eigenvalue weighted by Gasteiger charge is -2.24. The van der Waals surface area contributed by atoms with Gasteiger partial charge in [0.05, 0.1) is 13.2 Å². The Bertz CT molecular complexity index is 658. The number of ether oxygens (including phenoxy) is 1. The largest absolute Gasteiger partial charge is 0.497 e. The van der Waals surface area contributed by atoms with Crippen LogP contribution in [0, 0.1) is 0 Å². The maximum absolute atomic E-state index is 12.4. The van der Waals surface area contributed by atoms with Gasteiger partial charge in [-0.3, -0.25) is 9.69 Å². The molecule has 0 aliphatic rings. The average Bonchev–Trinajstić information content (AvgIpc) is 2.56. The summed E-state index contributed by atoms with van der Waals surface area (Å²) >= 11 is 3.38. The molecule has 0 saturated heterocycles. The Balaban J connectivity index is 1.96. The van der Waals surface area contributed by atoms with Crippen LogP contribution in [0.1, 0.15) is 12.5 Å². The molecule has 1 N–H and O–H groups in total. The highest BCUT2D eigenvalue weighted by Crippen LogP contribution is 2.17. The first-order valence-corrected chi connectivity index (χ1v) is 8.18. The predicted molar refractivity (Wildman–Crippen MR) is 96.7 cm³/mol. The van der Waals surface area contributed by atoms with Gasteiger partial charge >= 0.3 is 0 Å². The van der Waals surface area contributed by atoms with Crippen molar-refractivity contribution in [2.45, 2.75) is 19.5 Å². The van der Waals surface area contributed by atoms with Crippen molar-refractivity contribution in [3.8, 4) is 5.75 Å². The average molecular weight is 377 g/mol. The highest BCUT2D eigenvalue weighted by Gasteiger charge is 2.18. The zero-order chi connectivity index (χ0) is 16.8. The summed E-state index contributed by atoms with van der Waals surface area (Å²) in [7, 11) is 3.59. The van der Waals surface area contributed by atoms with Crippen molar-refractivity contribution in [3.63, 3.8) is 0 Å². The third-order valence-electron chi connectivity index (χ3n) is 3.72. The number of hydrogen-bond acceptors (Lipinski definition) is 3. The highest BCUT2D eigenvalue weighted by molar-refractivity contribution is 9.10. The van der Waals surface area contributed by atoms with E-state index in [1.807, 2.05) is 67.4 Å². The number of nitrogens with zero attached hydrogens (tertiary/aromatic N) is 1. The Morgan fingerprint density at radius 3 is 2.61 bits per heavy atom. The topological polar surface area (TPSA) is 41.6 Å². The molecule has 23 heavy (non-hydrogen) atoms. The van der Waals surface area contributed by atoms with Crippen LogP contribution in [-0.2, 0) is 11.3 Å². The summed E-state index contributed by atoms with van der Waals surface area (Å²) in [6.45, 7) is 2.57. The summed E-state index contributed by atoms with van der Waals surface area (Å²) in [4.78, 5) is 14.4. The fraction of sp³-hybridized carbons (Fsp3) is 0.278. The molecule has 0 bridgehead atoms. The number of hydrogen-bond donors (Lipinski definition) is 1. The number of carbonyl (C=O) groups is 1. The van der Waals surface area contributed by atoms with E-state index in [9.17, 15) is 4.79 Å². The quantitative estimate of drug-likeness (QED) is 0.830. The van der Waals surface area contributed by atoms with Crippen LogP contribution in [-0.4, -0.2) is 31.0 Å². The first-order valence-electron chi connectivity index (χ1n) is 7.39. The van der Waals surface area contributed by atoms with Gasteiger partial charge in [-0.15, -0.1) is 0 Å². The second kappa shape index (κ2) is 8.13. The molecule has 0 aromatic heterocycles. The summed E-state index contributed by atoms with van der Waals surface area (Å²) < 4.78 is 6.22. The summed E-state index contributed by atoms with van der Waals surface area (Å²) in [6.07, 6.45) is 0. The minimum atomic E-state index is -0.246. The lowest BCUT2D eigenvalue weighted by Crippen LogP contribution is -2.39. The van der Waals surface area contributed by atoms with Crippen molar-refractivity contribution in [3.05, 3.63) is 58.6 Å². The van der Waals surface area contributed by atoms with E-state index in [2.05, 4.69) is 21.2 Å². The van der Waals surface area contributed by atoms with Crippen molar-refractivity contribution in [1.29, 1.82) is 0 Å². The first-order chi connectivity index (χ1) is 11.0. The van der Waals surface area contributed by atoms with Crippen LogP contribution < -0.4 is 10.1 Å². The lowest BCUT2D eigenvalue weighted by molar-refractivity contribution is -0.120. The predicted octanol–water partition coefficient (Wildman–Crippen LogP) is 3.92. The Morgan fingerprint density at radius 1 is 1.26 bits per heavy atom. The standard InChI is InChI=1S/C18H21BrN2O2/c1-13(18(22)20-16-9-7-15(19)8-10-16)21(2)12-14-5-4-6-17(11-14)23-3/h4-11,13H,12H2,1-3H3,(H,20,22). The number of halogens is 1. The van der Waals surface area contributed by atoms with Gasteiger partial charge in [-0.25, -0.2) is 0 Å². The van der Waals surface area contributed by atoms with E-state index in [1.165, 1.54) is 0 Å². The Kier molecular flexibility index (Phi) is 6.19. The molecular weight excluding hydrogens is 356 g/mol. The van der Waals surface area contributed by atoms with Gasteiger partial charge in [0.2, 0.25) is 5.91 Å². The van der Waals surface area contributed by atoms with Gasteiger partial charge in [0.25, 0.3) is 0 Å². The van der Waals surface area contributed by atoms with Crippen LogP contribution in [0.5, 0.6) is 5.75 Å². The van der Waals surface area contributed by atoms with E-state index >= 15 is 0 Å². The van der Waals surface area contributed by atoms with Crippen LogP contribution in [0.4, 0.5) is 5.69 Å². The molecule has 1 atom stereocenters. The second-order valence-electron chi connectivity index (χ2n) is 5.44. The minimum absolute atomic E-state index is 0.0299. The maximum Gasteiger partial charge on any atom is 0.241 e. The molecule has 0 spiro atoms. The normalized spacial score (nSPS) is 12.0. The SMILES string of the molecule is COc1cccc(CN(C)C(C)C(=O)Nc2ccc(Br)cc2)c1. The molecule has 0 aliphatic heterocycles. The molecule has 0 heterocycles. The molecule has 0 aliphatic carbocycles. The third kappa shape index (κ3) is 5.08. The van der Waals surface area contributed by atoms with Crippen molar-refractivity contribution >= 4 is 27.5 Å². The maximum atomic E-state index is 12.4. The van der Waals surface area contributed by atoms with Gasteiger partial charge in [-0.2, -0.15) is 0 Å². The molecule has 5 heteroatoms. The first kappa shape index (κ1) is 17.5. The molecule has 0 saturated carbocycles. The van der Waals surface area contributed by atoms with E-state index in [-0.39, 0.29) is 11.9 Å². The van der Waals surface area contributed by atoms with Crippen LogP contribution in [0.3, 0.4) is 0 Å². The van der Waals surface area contributed by atoms with Crippen LogP contribution in [0.2, 0.25) is 0 Å². The van der Waals surface area contributed by atoms with E-state index in [0.29, 0.717) is 6.54 Å². The molecule has 0 fully saturated rings. The number of anilines is 1. The third-order valence-corrected chi connectivity index (χ3v) is 4.25. The van der Waals surface area contributed by atoms with Crippen LogP contribution in [0.25, 0.3) is 0 Å². The number of nitrogens with one attached hydrogen (secondary N) is 1. The molecule has 1 amide bonds. The van der Waals surface area contributed by atoms with Gasteiger partial charge in [0, 0.05) is 16.7 Å². The number of methoxy groups -OCH3 is 1. The molecule has 4 nitrogen and oxygen atoms in total. The zero-order valence-corrected chi connectivity index (χ0v) is 15.1. The van der Waals surface area contributed by atoms with E-state index in [4.69, 9.17) is 4.74 Å². The zero-order valence-electron chi connectivity index (χ0n) is 13.5. The van der Waals surface area contributed by atoms with E-state index in [0.717, 1.165) is 21.5 Å². The molecule has 1 unspecified atom stereocenters. The second-order valence-corrected chi connectivity index (χ2v) is 6.35. The van der Waals surface area contributed by atoms with Gasteiger partial charge in [0.1, 0.15) is 5.75 Å². The summed E-state index contributed by atoms with van der Waals surface area (Å²) in [5.41, 5.74) is 1.90. The van der Waals surface area contributed by atoms with Gasteiger partial charge in [0.15, 0.2) is 0 Å². The smallest absolute Gasteiger partial charge is 0.241 e. The fourth-order valence-corrected chi connectivity index (χ4v) is 2.44. The summed E-state index contributed by atoms with van der Waals surface area (Å²) in [6, 6.07) is 15.2. The Hall–Kier alpha value is -1.85. The number of amides is 1. The number of benzene rings is 2. The highest BCUT2D eigenvalue weighted by atomic mass is 79.9.